The van der Waals surface area contributed by atoms with Crippen molar-refractivity contribution in [3.05, 3.63) is 71.2 Å². The first-order chi connectivity index (χ1) is 12.8. The van der Waals surface area contributed by atoms with Gasteiger partial charge in [0.05, 0.1) is 10.6 Å². The second kappa shape index (κ2) is 7.52. The van der Waals surface area contributed by atoms with E-state index in [-0.39, 0.29) is 0 Å². The number of rotatable bonds is 5. The maximum absolute atomic E-state index is 4.81. The maximum atomic E-state index is 4.81. The normalized spacial score (nSPS) is 11.0. The van der Waals surface area contributed by atoms with E-state index in [1.54, 1.807) is 22.7 Å². The number of thiazole rings is 2. The average Bonchev–Trinajstić information content (AvgIpc) is 3.38. The molecule has 0 saturated heterocycles. The van der Waals surface area contributed by atoms with E-state index in [0.29, 0.717) is 0 Å². The Morgan fingerprint density at radius 2 is 1.38 bits per heavy atom. The SMILES string of the molecule is CCc1ccc(-c2csc(-c3ncc(-c4ccc(CC)cc4)s3)n2)cc1. The summed E-state index contributed by atoms with van der Waals surface area (Å²) >= 11 is 3.36. The number of benzene rings is 2. The van der Waals surface area contributed by atoms with Gasteiger partial charge in [-0.15, -0.1) is 22.7 Å². The van der Waals surface area contributed by atoms with E-state index in [1.165, 1.54) is 21.6 Å². The molecule has 4 rings (SSSR count). The fourth-order valence-corrected chi connectivity index (χ4v) is 4.62. The molecule has 2 aromatic heterocycles. The van der Waals surface area contributed by atoms with Gasteiger partial charge in [-0.05, 0) is 29.5 Å². The van der Waals surface area contributed by atoms with Gasteiger partial charge >= 0.3 is 0 Å². The molecular weight excluding hydrogens is 356 g/mol. The molecule has 0 aliphatic carbocycles. The topological polar surface area (TPSA) is 25.8 Å². The molecule has 0 bridgehead atoms. The minimum absolute atomic E-state index is 0.987. The molecule has 0 atom stereocenters. The Morgan fingerprint density at radius 3 is 2.00 bits per heavy atom. The molecule has 130 valence electrons. The van der Waals surface area contributed by atoms with Crippen LogP contribution in [0.4, 0.5) is 0 Å². The zero-order valence-electron chi connectivity index (χ0n) is 14.9. The zero-order chi connectivity index (χ0) is 17.9. The minimum Gasteiger partial charge on any atom is -0.241 e. The van der Waals surface area contributed by atoms with Crippen LogP contribution in [0, 0.1) is 0 Å². The fraction of sp³-hybridized carbons (Fsp3) is 0.182. The van der Waals surface area contributed by atoms with Crippen LogP contribution in [0.15, 0.2) is 60.1 Å². The molecule has 2 aromatic carbocycles. The molecule has 0 amide bonds. The molecule has 0 aliphatic heterocycles. The standard InChI is InChI=1S/C22H20N2S2/c1-3-15-5-9-17(10-6-15)19-14-25-22(24-19)21-23-13-20(26-21)18-11-7-16(4-2)8-12-18/h5-14H,3-4H2,1-2H3. The van der Waals surface area contributed by atoms with Crippen molar-refractivity contribution in [2.75, 3.05) is 0 Å². The first-order valence-corrected chi connectivity index (χ1v) is 10.6. The molecule has 0 N–H and O–H groups in total. The Balaban J connectivity index is 1.58. The summed E-state index contributed by atoms with van der Waals surface area (Å²) in [7, 11) is 0. The molecule has 0 spiro atoms. The summed E-state index contributed by atoms with van der Waals surface area (Å²) in [5.41, 5.74) is 6.12. The van der Waals surface area contributed by atoms with Crippen LogP contribution >= 0.6 is 22.7 Å². The Morgan fingerprint density at radius 1 is 0.769 bits per heavy atom. The highest BCUT2D eigenvalue weighted by atomic mass is 32.1. The van der Waals surface area contributed by atoms with E-state index in [4.69, 9.17) is 4.98 Å². The smallest absolute Gasteiger partial charge is 0.152 e. The molecule has 0 unspecified atom stereocenters. The number of nitrogens with zero attached hydrogens (tertiary/aromatic N) is 2. The highest BCUT2D eigenvalue weighted by Crippen LogP contribution is 2.35. The van der Waals surface area contributed by atoms with Crippen LogP contribution in [0.25, 0.3) is 31.7 Å². The van der Waals surface area contributed by atoms with Crippen molar-refractivity contribution in [3.63, 3.8) is 0 Å². The van der Waals surface area contributed by atoms with Gasteiger partial charge in [-0.25, -0.2) is 9.97 Å². The number of hydrogen-bond donors (Lipinski definition) is 0. The van der Waals surface area contributed by atoms with Gasteiger partial charge in [-0.2, -0.15) is 0 Å². The lowest BCUT2D eigenvalue weighted by atomic mass is 10.1. The molecule has 2 nitrogen and oxygen atoms in total. The summed E-state index contributed by atoms with van der Waals surface area (Å²) in [6.45, 7) is 4.35. The maximum Gasteiger partial charge on any atom is 0.152 e. The van der Waals surface area contributed by atoms with Crippen LogP contribution in [-0.2, 0) is 12.8 Å². The number of hydrogen-bond acceptors (Lipinski definition) is 4. The number of aromatic nitrogens is 2. The van der Waals surface area contributed by atoms with Gasteiger partial charge in [0.1, 0.15) is 0 Å². The van der Waals surface area contributed by atoms with Crippen molar-refractivity contribution >= 4 is 22.7 Å². The van der Waals surface area contributed by atoms with E-state index in [1.807, 2.05) is 6.20 Å². The summed E-state index contributed by atoms with van der Waals surface area (Å²) in [5.74, 6) is 0. The van der Waals surface area contributed by atoms with Crippen molar-refractivity contribution in [2.45, 2.75) is 26.7 Å². The molecule has 4 heteroatoms. The van der Waals surface area contributed by atoms with Crippen LogP contribution in [-0.4, -0.2) is 9.97 Å². The third-order valence-electron chi connectivity index (χ3n) is 4.50. The van der Waals surface area contributed by atoms with Gasteiger partial charge in [0.2, 0.25) is 0 Å². The summed E-state index contributed by atoms with van der Waals surface area (Å²) in [6.07, 6.45) is 4.08. The second-order valence-corrected chi connectivity index (χ2v) is 8.06. The predicted molar refractivity (Wildman–Crippen MR) is 113 cm³/mol. The van der Waals surface area contributed by atoms with Crippen LogP contribution < -0.4 is 0 Å². The highest BCUT2D eigenvalue weighted by molar-refractivity contribution is 7.22. The van der Waals surface area contributed by atoms with Gasteiger partial charge in [0.25, 0.3) is 0 Å². The molecule has 26 heavy (non-hydrogen) atoms. The lowest BCUT2D eigenvalue weighted by molar-refractivity contribution is 1.14. The Bertz CT molecular complexity index is 912. The quantitative estimate of drug-likeness (QED) is 0.386. The van der Waals surface area contributed by atoms with Gasteiger partial charge in [-0.3, -0.25) is 0 Å². The van der Waals surface area contributed by atoms with Crippen molar-refractivity contribution in [3.8, 4) is 31.7 Å². The predicted octanol–water partition coefficient (Wildman–Crippen LogP) is 6.73. The summed E-state index contributed by atoms with van der Waals surface area (Å²) in [5, 5.41) is 4.09. The van der Waals surface area contributed by atoms with E-state index in [2.05, 4.69) is 72.7 Å². The third-order valence-corrected chi connectivity index (χ3v) is 6.53. The van der Waals surface area contributed by atoms with Crippen LogP contribution in [0.1, 0.15) is 25.0 Å². The van der Waals surface area contributed by atoms with E-state index >= 15 is 0 Å². The van der Waals surface area contributed by atoms with Crippen molar-refractivity contribution < 1.29 is 0 Å². The van der Waals surface area contributed by atoms with Crippen molar-refractivity contribution in [1.82, 2.24) is 9.97 Å². The average molecular weight is 377 g/mol. The van der Waals surface area contributed by atoms with Gasteiger partial charge in [0, 0.05) is 17.1 Å². The minimum atomic E-state index is 0.987. The van der Waals surface area contributed by atoms with Crippen LogP contribution in [0.5, 0.6) is 0 Å². The van der Waals surface area contributed by atoms with Gasteiger partial charge < -0.3 is 0 Å². The molecular formula is C22H20N2S2. The summed E-state index contributed by atoms with van der Waals surface area (Å²) < 4.78 is 0. The van der Waals surface area contributed by atoms with Gasteiger partial charge in [-0.1, -0.05) is 62.4 Å². The van der Waals surface area contributed by atoms with E-state index < -0.39 is 0 Å². The monoisotopic (exact) mass is 376 g/mol. The van der Waals surface area contributed by atoms with Crippen LogP contribution in [0.2, 0.25) is 0 Å². The molecule has 2 heterocycles. The lowest BCUT2D eigenvalue weighted by Gasteiger charge is -1.99. The first kappa shape index (κ1) is 17.1. The first-order valence-electron chi connectivity index (χ1n) is 8.87. The largest absolute Gasteiger partial charge is 0.241 e. The lowest BCUT2D eigenvalue weighted by Crippen LogP contribution is -1.82. The molecule has 4 aromatic rings. The van der Waals surface area contributed by atoms with E-state index in [9.17, 15) is 0 Å². The molecule has 0 radical (unpaired) electrons. The molecule has 0 fully saturated rings. The Labute approximate surface area is 162 Å². The number of aryl methyl sites for hydroxylation is 2. The summed E-state index contributed by atoms with van der Waals surface area (Å²) in [4.78, 5) is 10.6. The zero-order valence-corrected chi connectivity index (χ0v) is 16.5. The summed E-state index contributed by atoms with van der Waals surface area (Å²) in [6, 6.07) is 17.4. The Kier molecular flexibility index (Phi) is 4.96. The highest BCUT2D eigenvalue weighted by Gasteiger charge is 2.11. The second-order valence-electron chi connectivity index (χ2n) is 6.17. The van der Waals surface area contributed by atoms with Crippen LogP contribution in [0.3, 0.4) is 0 Å². The fourth-order valence-electron chi connectivity index (χ4n) is 2.83. The third kappa shape index (κ3) is 3.48. The van der Waals surface area contributed by atoms with Gasteiger partial charge in [0.15, 0.2) is 10.0 Å². The molecule has 0 saturated carbocycles. The van der Waals surface area contributed by atoms with Crippen molar-refractivity contribution in [2.24, 2.45) is 0 Å². The van der Waals surface area contributed by atoms with Crippen molar-refractivity contribution in [1.29, 1.82) is 0 Å². The molecule has 0 aliphatic rings. The Hall–Kier alpha value is -2.30. The van der Waals surface area contributed by atoms with E-state index in [0.717, 1.165) is 34.1 Å².